The molecular weight excluding hydrogens is 254 g/mol. The van der Waals surface area contributed by atoms with Crippen LogP contribution in [0.4, 0.5) is 0 Å². The van der Waals surface area contributed by atoms with Crippen LogP contribution in [0.5, 0.6) is 0 Å². The van der Waals surface area contributed by atoms with E-state index in [0.717, 1.165) is 13.1 Å². The van der Waals surface area contributed by atoms with Gasteiger partial charge in [0.05, 0.1) is 13.2 Å². The fourth-order valence-corrected chi connectivity index (χ4v) is 1.29. The molecule has 108 valence electrons. The average Bonchev–Trinajstić information content (AvgIpc) is 2.37. The molecule has 0 aliphatic carbocycles. The molecule has 0 aromatic rings. The van der Waals surface area contributed by atoms with E-state index in [-0.39, 0.29) is 11.8 Å². The molecule has 0 aromatic heterocycles. The number of carboxylic acid groups (broad SMARTS) is 2. The summed E-state index contributed by atoms with van der Waals surface area (Å²) in [5, 5.41) is 15.6. The zero-order valence-corrected chi connectivity index (χ0v) is 11.0. The first-order chi connectivity index (χ1) is 8.84. The van der Waals surface area contributed by atoms with Gasteiger partial charge in [-0.15, -0.1) is 0 Å². The molecule has 1 aliphatic rings. The quantitative estimate of drug-likeness (QED) is 0.712. The van der Waals surface area contributed by atoms with E-state index in [9.17, 15) is 14.4 Å². The summed E-state index contributed by atoms with van der Waals surface area (Å²) in [5.74, 6) is -2.15. The van der Waals surface area contributed by atoms with Gasteiger partial charge < -0.3 is 19.8 Å². The lowest BCUT2D eigenvalue weighted by atomic mass is 10.2. The number of hydrogen-bond acceptors (Lipinski definition) is 4. The summed E-state index contributed by atoms with van der Waals surface area (Å²) < 4.78 is 5.14. The maximum Gasteiger partial charge on any atom is 0.328 e. The Morgan fingerprint density at radius 2 is 1.47 bits per heavy atom. The minimum absolute atomic E-state index is 0.119. The molecule has 2 N–H and O–H groups in total. The van der Waals surface area contributed by atoms with Gasteiger partial charge >= 0.3 is 11.9 Å². The zero-order chi connectivity index (χ0) is 14.8. The van der Waals surface area contributed by atoms with Crippen LogP contribution >= 0.6 is 0 Å². The van der Waals surface area contributed by atoms with Crippen molar-refractivity contribution in [2.45, 2.75) is 13.8 Å². The van der Waals surface area contributed by atoms with E-state index < -0.39 is 11.9 Å². The van der Waals surface area contributed by atoms with Crippen molar-refractivity contribution in [2.24, 2.45) is 5.92 Å². The number of carbonyl (C=O) groups excluding carboxylic acids is 1. The largest absolute Gasteiger partial charge is 0.478 e. The molecule has 0 aromatic carbocycles. The molecule has 0 atom stereocenters. The van der Waals surface area contributed by atoms with Gasteiger partial charge in [-0.25, -0.2) is 9.59 Å². The first-order valence-electron chi connectivity index (χ1n) is 5.85. The first-order valence-corrected chi connectivity index (χ1v) is 5.85. The van der Waals surface area contributed by atoms with Crippen molar-refractivity contribution < 1.29 is 29.3 Å². The fraction of sp³-hybridized carbons (Fsp3) is 0.583. The van der Waals surface area contributed by atoms with Crippen molar-refractivity contribution in [3.05, 3.63) is 12.2 Å². The highest BCUT2D eigenvalue weighted by atomic mass is 16.5. The van der Waals surface area contributed by atoms with Crippen LogP contribution in [0, 0.1) is 5.92 Å². The van der Waals surface area contributed by atoms with Gasteiger partial charge in [0.2, 0.25) is 5.91 Å². The third-order valence-corrected chi connectivity index (χ3v) is 2.19. The van der Waals surface area contributed by atoms with Crippen LogP contribution in [0.2, 0.25) is 0 Å². The summed E-state index contributed by atoms with van der Waals surface area (Å²) in [4.78, 5) is 32.3. The number of ether oxygens (including phenoxy) is 1. The Kier molecular flexibility index (Phi) is 8.19. The van der Waals surface area contributed by atoms with Gasteiger partial charge in [-0.05, 0) is 0 Å². The molecule has 0 radical (unpaired) electrons. The van der Waals surface area contributed by atoms with Crippen molar-refractivity contribution in [1.82, 2.24) is 4.90 Å². The van der Waals surface area contributed by atoms with E-state index in [1.807, 2.05) is 18.7 Å². The van der Waals surface area contributed by atoms with Gasteiger partial charge in [-0.1, -0.05) is 13.8 Å². The molecule has 7 nitrogen and oxygen atoms in total. The van der Waals surface area contributed by atoms with E-state index in [1.54, 1.807) is 0 Å². The molecule has 1 heterocycles. The Morgan fingerprint density at radius 3 is 1.79 bits per heavy atom. The molecule has 7 heteroatoms. The zero-order valence-electron chi connectivity index (χ0n) is 11.0. The highest BCUT2D eigenvalue weighted by Gasteiger charge is 2.18. The van der Waals surface area contributed by atoms with Gasteiger partial charge in [0.15, 0.2) is 0 Å². The summed E-state index contributed by atoms with van der Waals surface area (Å²) >= 11 is 0. The van der Waals surface area contributed by atoms with E-state index in [4.69, 9.17) is 14.9 Å². The van der Waals surface area contributed by atoms with Crippen molar-refractivity contribution in [3.63, 3.8) is 0 Å². The molecule has 1 rings (SSSR count). The molecule has 1 aliphatic heterocycles. The molecule has 0 saturated carbocycles. The lowest BCUT2D eigenvalue weighted by molar-refractivity contribution is -0.138. The normalized spacial score (nSPS) is 15.0. The minimum atomic E-state index is -1.26. The number of amides is 1. The van der Waals surface area contributed by atoms with Crippen LogP contribution in [-0.4, -0.2) is 59.3 Å². The van der Waals surface area contributed by atoms with Crippen LogP contribution in [-0.2, 0) is 19.1 Å². The molecule has 19 heavy (non-hydrogen) atoms. The fourth-order valence-electron chi connectivity index (χ4n) is 1.29. The van der Waals surface area contributed by atoms with E-state index in [2.05, 4.69) is 0 Å². The molecule has 0 bridgehead atoms. The van der Waals surface area contributed by atoms with Crippen LogP contribution < -0.4 is 0 Å². The van der Waals surface area contributed by atoms with Gasteiger partial charge in [0, 0.05) is 31.2 Å². The molecule has 0 spiro atoms. The number of aliphatic carboxylic acids is 2. The predicted molar refractivity (Wildman–Crippen MR) is 66.6 cm³/mol. The standard InChI is InChI=1S/C8H15NO2.C4H4O4/c1-7(2)8(10)9-3-5-11-6-4-9;5-3(6)1-2-4(7)8/h7H,3-6H2,1-2H3;1-2H,(H,5,6)(H,7,8)/b;2-1+. The second-order valence-corrected chi connectivity index (χ2v) is 4.10. The molecular formula is C12H19NO6. The van der Waals surface area contributed by atoms with Gasteiger partial charge in [-0.3, -0.25) is 4.79 Å². The number of carboxylic acids is 2. The number of morpholine rings is 1. The summed E-state index contributed by atoms with van der Waals surface area (Å²) in [7, 11) is 0. The summed E-state index contributed by atoms with van der Waals surface area (Å²) in [5.41, 5.74) is 0. The van der Waals surface area contributed by atoms with Gasteiger partial charge in [0.1, 0.15) is 0 Å². The number of carbonyl (C=O) groups is 3. The minimum Gasteiger partial charge on any atom is -0.478 e. The summed E-state index contributed by atoms with van der Waals surface area (Å²) in [6.45, 7) is 6.76. The predicted octanol–water partition coefficient (Wildman–Crippen LogP) is 0.213. The van der Waals surface area contributed by atoms with E-state index in [1.165, 1.54) is 0 Å². The van der Waals surface area contributed by atoms with Gasteiger partial charge in [0.25, 0.3) is 0 Å². The van der Waals surface area contributed by atoms with Gasteiger partial charge in [-0.2, -0.15) is 0 Å². The highest BCUT2D eigenvalue weighted by molar-refractivity contribution is 5.89. The Hall–Kier alpha value is -1.89. The molecule has 1 amide bonds. The van der Waals surface area contributed by atoms with E-state index in [0.29, 0.717) is 25.4 Å². The van der Waals surface area contributed by atoms with Crippen molar-refractivity contribution in [2.75, 3.05) is 26.3 Å². The Bertz CT molecular complexity index is 328. The average molecular weight is 273 g/mol. The maximum absolute atomic E-state index is 11.4. The van der Waals surface area contributed by atoms with Crippen LogP contribution in [0.3, 0.4) is 0 Å². The van der Waals surface area contributed by atoms with Crippen LogP contribution in [0.25, 0.3) is 0 Å². The van der Waals surface area contributed by atoms with Crippen LogP contribution in [0.1, 0.15) is 13.8 Å². The molecule has 0 unspecified atom stereocenters. The lowest BCUT2D eigenvalue weighted by Gasteiger charge is -2.28. The second-order valence-electron chi connectivity index (χ2n) is 4.10. The summed E-state index contributed by atoms with van der Waals surface area (Å²) in [6, 6.07) is 0. The molecule has 1 saturated heterocycles. The van der Waals surface area contributed by atoms with Crippen LogP contribution in [0.15, 0.2) is 12.2 Å². The number of rotatable bonds is 3. The second kappa shape index (κ2) is 9.09. The number of hydrogen-bond donors (Lipinski definition) is 2. The Morgan fingerprint density at radius 1 is 1.05 bits per heavy atom. The topological polar surface area (TPSA) is 104 Å². The third kappa shape index (κ3) is 8.78. The first kappa shape index (κ1) is 17.1. The monoisotopic (exact) mass is 273 g/mol. The van der Waals surface area contributed by atoms with Crippen molar-refractivity contribution >= 4 is 17.8 Å². The number of nitrogens with zero attached hydrogens (tertiary/aromatic N) is 1. The highest BCUT2D eigenvalue weighted by Crippen LogP contribution is 2.03. The van der Waals surface area contributed by atoms with E-state index >= 15 is 0 Å². The Labute approximate surface area is 111 Å². The maximum atomic E-state index is 11.4. The third-order valence-electron chi connectivity index (χ3n) is 2.19. The summed E-state index contributed by atoms with van der Waals surface area (Å²) in [6.07, 6.45) is 1.12. The van der Waals surface area contributed by atoms with Crippen molar-refractivity contribution in [3.8, 4) is 0 Å². The Balaban J connectivity index is 0.000000362. The molecule has 1 fully saturated rings. The SMILES string of the molecule is CC(C)C(=O)N1CCOCC1.O=C(O)/C=C/C(=O)O. The van der Waals surface area contributed by atoms with Crippen molar-refractivity contribution in [1.29, 1.82) is 0 Å². The smallest absolute Gasteiger partial charge is 0.328 e. The lowest BCUT2D eigenvalue weighted by Crippen LogP contribution is -2.42.